The lowest BCUT2D eigenvalue weighted by atomic mass is 9.94. The van der Waals surface area contributed by atoms with Crippen LogP contribution in [0, 0.1) is 0 Å². The molecule has 1 aromatic carbocycles. The van der Waals surface area contributed by atoms with E-state index in [2.05, 4.69) is 0 Å². The van der Waals surface area contributed by atoms with E-state index in [0.717, 1.165) is 11.1 Å². The Morgan fingerprint density at radius 3 is 2.75 bits per heavy atom. The lowest BCUT2D eigenvalue weighted by Crippen LogP contribution is -2.02. The van der Waals surface area contributed by atoms with Gasteiger partial charge in [-0.15, -0.1) is 0 Å². The second-order valence-electron chi connectivity index (χ2n) is 4.39. The van der Waals surface area contributed by atoms with Crippen LogP contribution in [0.2, 0.25) is 0 Å². The van der Waals surface area contributed by atoms with E-state index < -0.39 is 9.84 Å². The third-order valence-corrected chi connectivity index (χ3v) is 4.86. The molecule has 0 aliphatic carbocycles. The Hall–Kier alpha value is -1.16. The van der Waals surface area contributed by atoms with Crippen molar-refractivity contribution in [3.05, 3.63) is 29.3 Å². The second kappa shape index (κ2) is 3.70. The van der Waals surface area contributed by atoms with Crippen LogP contribution in [0.5, 0.6) is 0 Å². The summed E-state index contributed by atoms with van der Waals surface area (Å²) in [6.07, 6.45) is 0.322. The molecule has 0 amide bonds. The molecule has 0 bridgehead atoms. The van der Waals surface area contributed by atoms with Gasteiger partial charge in [0.25, 0.3) is 0 Å². The summed E-state index contributed by atoms with van der Waals surface area (Å²) in [5.74, 6) is 0.220. The SMILES string of the molecule is CC(=O)Cc1cccc2c1C(C)CS2(=O)=O. The van der Waals surface area contributed by atoms with Crippen LogP contribution in [-0.4, -0.2) is 20.0 Å². The van der Waals surface area contributed by atoms with Crippen molar-refractivity contribution in [2.24, 2.45) is 0 Å². The Morgan fingerprint density at radius 2 is 2.12 bits per heavy atom. The van der Waals surface area contributed by atoms with E-state index in [-0.39, 0.29) is 17.5 Å². The van der Waals surface area contributed by atoms with Crippen molar-refractivity contribution in [2.45, 2.75) is 31.1 Å². The van der Waals surface area contributed by atoms with E-state index in [1.807, 2.05) is 13.0 Å². The predicted octanol–water partition coefficient (Wildman–Crippen LogP) is 1.71. The summed E-state index contributed by atoms with van der Waals surface area (Å²) in [5.41, 5.74) is 1.70. The van der Waals surface area contributed by atoms with Gasteiger partial charge in [0.2, 0.25) is 0 Å². The minimum absolute atomic E-state index is 0.00412. The second-order valence-corrected chi connectivity index (χ2v) is 6.39. The first kappa shape index (κ1) is 11.3. The average molecular weight is 238 g/mol. The van der Waals surface area contributed by atoms with Gasteiger partial charge in [0.05, 0.1) is 10.6 Å². The van der Waals surface area contributed by atoms with Crippen LogP contribution < -0.4 is 0 Å². The number of carbonyl (C=O) groups excluding carboxylic acids is 1. The molecule has 0 N–H and O–H groups in total. The Labute approximate surface area is 95.4 Å². The first-order chi connectivity index (χ1) is 7.42. The maximum atomic E-state index is 11.8. The van der Waals surface area contributed by atoms with Crippen molar-refractivity contribution in [1.29, 1.82) is 0 Å². The van der Waals surface area contributed by atoms with E-state index in [1.54, 1.807) is 12.1 Å². The fourth-order valence-electron chi connectivity index (χ4n) is 2.34. The Kier molecular flexibility index (Phi) is 2.62. The van der Waals surface area contributed by atoms with Crippen LogP contribution in [0.15, 0.2) is 23.1 Å². The number of sulfone groups is 1. The van der Waals surface area contributed by atoms with Crippen molar-refractivity contribution in [3.8, 4) is 0 Å². The molecule has 0 spiro atoms. The number of hydrogen-bond donors (Lipinski definition) is 0. The zero-order chi connectivity index (χ0) is 11.9. The normalized spacial score (nSPS) is 21.8. The number of Topliss-reactive ketones (excluding diaryl/α,β-unsaturated/α-hetero) is 1. The lowest BCUT2D eigenvalue weighted by molar-refractivity contribution is -0.116. The molecule has 86 valence electrons. The molecule has 0 saturated carbocycles. The summed E-state index contributed by atoms with van der Waals surface area (Å²) in [6, 6.07) is 5.20. The minimum Gasteiger partial charge on any atom is -0.300 e. The van der Waals surface area contributed by atoms with E-state index in [1.165, 1.54) is 6.92 Å². The quantitative estimate of drug-likeness (QED) is 0.788. The highest BCUT2D eigenvalue weighted by Crippen LogP contribution is 2.37. The number of hydrogen-bond acceptors (Lipinski definition) is 3. The highest BCUT2D eigenvalue weighted by Gasteiger charge is 2.33. The van der Waals surface area contributed by atoms with Crippen molar-refractivity contribution < 1.29 is 13.2 Å². The van der Waals surface area contributed by atoms with Crippen LogP contribution in [0.1, 0.15) is 30.9 Å². The molecule has 0 saturated heterocycles. The highest BCUT2D eigenvalue weighted by molar-refractivity contribution is 7.91. The lowest BCUT2D eigenvalue weighted by Gasteiger charge is -2.08. The third-order valence-electron chi connectivity index (χ3n) is 2.89. The number of rotatable bonds is 2. The molecule has 3 nitrogen and oxygen atoms in total. The van der Waals surface area contributed by atoms with Crippen molar-refractivity contribution in [3.63, 3.8) is 0 Å². The Balaban J connectivity index is 2.61. The molecule has 1 aliphatic heterocycles. The minimum atomic E-state index is -3.12. The molecule has 1 unspecified atom stereocenters. The largest absolute Gasteiger partial charge is 0.300 e. The van der Waals surface area contributed by atoms with Gasteiger partial charge in [0, 0.05) is 6.42 Å². The van der Waals surface area contributed by atoms with Gasteiger partial charge in [0.1, 0.15) is 5.78 Å². The van der Waals surface area contributed by atoms with Crippen LogP contribution in [0.25, 0.3) is 0 Å². The summed E-state index contributed by atoms with van der Waals surface area (Å²) in [6.45, 7) is 3.42. The van der Waals surface area contributed by atoms with Crippen LogP contribution in [-0.2, 0) is 21.1 Å². The maximum absolute atomic E-state index is 11.8. The summed E-state index contributed by atoms with van der Waals surface area (Å²) in [7, 11) is -3.12. The first-order valence-electron chi connectivity index (χ1n) is 5.26. The number of carbonyl (C=O) groups is 1. The molecule has 0 aromatic heterocycles. The molecule has 16 heavy (non-hydrogen) atoms. The van der Waals surface area contributed by atoms with Gasteiger partial charge >= 0.3 is 0 Å². The maximum Gasteiger partial charge on any atom is 0.179 e. The topological polar surface area (TPSA) is 51.2 Å². The fourth-order valence-corrected chi connectivity index (χ4v) is 4.30. The Morgan fingerprint density at radius 1 is 1.44 bits per heavy atom. The monoisotopic (exact) mass is 238 g/mol. The van der Waals surface area contributed by atoms with Gasteiger partial charge in [-0.05, 0) is 30.0 Å². The smallest absolute Gasteiger partial charge is 0.179 e. The summed E-state index contributed by atoms with van der Waals surface area (Å²) >= 11 is 0. The number of fused-ring (bicyclic) bond motifs is 1. The number of benzene rings is 1. The third kappa shape index (κ3) is 1.78. The molecule has 0 fully saturated rings. The molecule has 0 radical (unpaired) electrons. The van der Waals surface area contributed by atoms with Crippen LogP contribution >= 0.6 is 0 Å². The zero-order valence-corrected chi connectivity index (χ0v) is 10.2. The van der Waals surface area contributed by atoms with Gasteiger partial charge in [-0.3, -0.25) is 4.79 Å². The average Bonchev–Trinajstić information content (AvgIpc) is 2.37. The zero-order valence-electron chi connectivity index (χ0n) is 9.36. The van der Waals surface area contributed by atoms with Gasteiger partial charge in [-0.2, -0.15) is 0 Å². The molecule has 1 atom stereocenters. The van der Waals surface area contributed by atoms with Crippen molar-refractivity contribution in [2.75, 3.05) is 5.75 Å². The van der Waals surface area contributed by atoms with Gasteiger partial charge in [-0.1, -0.05) is 19.1 Å². The van der Waals surface area contributed by atoms with E-state index in [9.17, 15) is 13.2 Å². The predicted molar refractivity (Wildman–Crippen MR) is 61.3 cm³/mol. The molecular weight excluding hydrogens is 224 g/mol. The molecular formula is C12H14O3S. The van der Waals surface area contributed by atoms with Gasteiger partial charge in [0.15, 0.2) is 9.84 Å². The van der Waals surface area contributed by atoms with Crippen LogP contribution in [0.4, 0.5) is 0 Å². The highest BCUT2D eigenvalue weighted by atomic mass is 32.2. The van der Waals surface area contributed by atoms with E-state index in [4.69, 9.17) is 0 Å². The Bertz CT molecular complexity index is 543. The van der Waals surface area contributed by atoms with Crippen LogP contribution in [0.3, 0.4) is 0 Å². The van der Waals surface area contributed by atoms with Crippen molar-refractivity contribution in [1.82, 2.24) is 0 Å². The molecule has 2 rings (SSSR count). The fraction of sp³-hybridized carbons (Fsp3) is 0.417. The first-order valence-corrected chi connectivity index (χ1v) is 6.91. The number of ketones is 1. The van der Waals surface area contributed by atoms with E-state index >= 15 is 0 Å². The molecule has 1 aliphatic rings. The van der Waals surface area contributed by atoms with E-state index in [0.29, 0.717) is 11.3 Å². The summed E-state index contributed by atoms with van der Waals surface area (Å²) < 4.78 is 23.6. The molecule has 1 aromatic rings. The summed E-state index contributed by atoms with van der Waals surface area (Å²) in [5, 5.41) is 0. The molecule has 1 heterocycles. The summed E-state index contributed by atoms with van der Waals surface area (Å²) in [4.78, 5) is 11.5. The van der Waals surface area contributed by atoms with Gasteiger partial charge < -0.3 is 0 Å². The molecule has 4 heteroatoms. The van der Waals surface area contributed by atoms with Gasteiger partial charge in [-0.25, -0.2) is 8.42 Å². The standard InChI is InChI=1S/C12H14O3S/c1-8-7-16(14,15)11-5-3-4-10(12(8)11)6-9(2)13/h3-5,8H,6-7H2,1-2H3. The van der Waals surface area contributed by atoms with Crippen molar-refractivity contribution >= 4 is 15.6 Å².